The van der Waals surface area contributed by atoms with Gasteiger partial charge in [-0.15, -0.1) is 36.2 Å². The number of nitrogens with one attached hydrogen (secondary N) is 1. The van der Waals surface area contributed by atoms with E-state index in [0.717, 1.165) is 37.4 Å². The predicted octanol–water partition coefficient (Wildman–Crippen LogP) is 2.28. The maximum Gasteiger partial charge on any atom is 0.255 e. The van der Waals surface area contributed by atoms with E-state index in [1.165, 1.54) is 4.88 Å². The number of thiazole rings is 1. The molecule has 0 atom stereocenters. The zero-order valence-electron chi connectivity index (χ0n) is 13.3. The summed E-state index contributed by atoms with van der Waals surface area (Å²) >= 11 is 1.67. The molecule has 0 aliphatic carbocycles. The summed E-state index contributed by atoms with van der Waals surface area (Å²) in [7, 11) is 3.47. The van der Waals surface area contributed by atoms with Crippen LogP contribution in [0, 0.1) is 0 Å². The molecule has 1 fully saturated rings. The minimum absolute atomic E-state index is 0. The zero-order chi connectivity index (χ0) is 14.6. The highest BCUT2D eigenvalue weighted by Crippen LogP contribution is 2.26. The van der Waals surface area contributed by atoms with E-state index < -0.39 is 5.60 Å². The Morgan fingerprint density at radius 1 is 1.45 bits per heavy atom. The van der Waals surface area contributed by atoms with Crippen molar-refractivity contribution in [3.63, 3.8) is 0 Å². The first-order valence-corrected chi connectivity index (χ1v) is 7.88. The van der Waals surface area contributed by atoms with Gasteiger partial charge in [0.1, 0.15) is 10.6 Å². The molecule has 1 aliphatic rings. The molecule has 2 heterocycles. The third-order valence-electron chi connectivity index (χ3n) is 3.86. The number of hydrogen-bond acceptors (Lipinski definition) is 5. The topological polar surface area (TPSA) is 54.5 Å². The van der Waals surface area contributed by atoms with Crippen LogP contribution in [0.1, 0.15) is 29.7 Å². The molecule has 0 aromatic carbocycles. The van der Waals surface area contributed by atoms with Crippen LogP contribution in [0.25, 0.3) is 0 Å². The Morgan fingerprint density at radius 2 is 2.09 bits per heavy atom. The molecule has 2 rings (SSSR count). The Bertz CT molecular complexity index is 465. The van der Waals surface area contributed by atoms with E-state index in [4.69, 9.17) is 4.74 Å². The highest BCUT2D eigenvalue weighted by molar-refractivity contribution is 7.11. The molecule has 0 bridgehead atoms. The molecule has 0 unspecified atom stereocenters. The SMILES string of the molecule is CCc1cnc(CN(C)C(=O)C2(OC)CCNCC2)s1.Cl.Cl. The molecular formula is C14H25Cl2N3O2S. The summed E-state index contributed by atoms with van der Waals surface area (Å²) in [6.45, 7) is 4.32. The molecule has 0 radical (unpaired) electrons. The van der Waals surface area contributed by atoms with Crippen molar-refractivity contribution >= 4 is 42.1 Å². The molecule has 1 aromatic rings. The number of piperidine rings is 1. The minimum atomic E-state index is -0.662. The average Bonchev–Trinajstić information content (AvgIpc) is 2.94. The minimum Gasteiger partial charge on any atom is -0.368 e. The van der Waals surface area contributed by atoms with Crippen LogP contribution in [0.15, 0.2) is 6.20 Å². The summed E-state index contributed by atoms with van der Waals surface area (Å²) in [5.41, 5.74) is -0.662. The van der Waals surface area contributed by atoms with Crippen molar-refractivity contribution in [3.8, 4) is 0 Å². The van der Waals surface area contributed by atoms with Crippen molar-refractivity contribution in [1.29, 1.82) is 0 Å². The Morgan fingerprint density at radius 3 is 2.59 bits per heavy atom. The summed E-state index contributed by atoms with van der Waals surface area (Å²) in [5, 5.41) is 4.25. The van der Waals surface area contributed by atoms with Gasteiger partial charge in [0, 0.05) is 25.2 Å². The number of carbonyl (C=O) groups is 1. The van der Waals surface area contributed by atoms with Crippen molar-refractivity contribution < 1.29 is 9.53 Å². The van der Waals surface area contributed by atoms with E-state index >= 15 is 0 Å². The molecule has 1 amide bonds. The number of halogens is 2. The molecular weight excluding hydrogens is 345 g/mol. The van der Waals surface area contributed by atoms with Crippen molar-refractivity contribution in [2.24, 2.45) is 0 Å². The highest BCUT2D eigenvalue weighted by Gasteiger charge is 2.41. The lowest BCUT2D eigenvalue weighted by molar-refractivity contribution is -0.157. The van der Waals surface area contributed by atoms with E-state index in [1.54, 1.807) is 23.3 Å². The van der Waals surface area contributed by atoms with Gasteiger partial charge in [-0.2, -0.15) is 0 Å². The van der Waals surface area contributed by atoms with Crippen molar-refractivity contribution in [3.05, 3.63) is 16.1 Å². The van der Waals surface area contributed by atoms with Crippen LogP contribution in [0.3, 0.4) is 0 Å². The number of ether oxygens (including phenoxy) is 1. The van der Waals surface area contributed by atoms with Gasteiger partial charge in [-0.1, -0.05) is 6.92 Å². The van der Waals surface area contributed by atoms with Gasteiger partial charge in [0.2, 0.25) is 0 Å². The second-order valence-corrected chi connectivity index (χ2v) is 6.38. The van der Waals surface area contributed by atoms with Gasteiger partial charge in [0.05, 0.1) is 6.54 Å². The van der Waals surface area contributed by atoms with Crippen molar-refractivity contribution in [2.75, 3.05) is 27.2 Å². The number of carbonyl (C=O) groups excluding carboxylic acids is 1. The van der Waals surface area contributed by atoms with Gasteiger partial charge >= 0.3 is 0 Å². The number of hydrogen-bond donors (Lipinski definition) is 1. The maximum absolute atomic E-state index is 12.7. The molecule has 0 spiro atoms. The Balaban J connectivity index is 0.00000220. The summed E-state index contributed by atoms with van der Waals surface area (Å²) < 4.78 is 5.58. The number of amides is 1. The fraction of sp³-hybridized carbons (Fsp3) is 0.714. The largest absolute Gasteiger partial charge is 0.368 e. The number of rotatable bonds is 5. The second kappa shape index (κ2) is 9.67. The molecule has 128 valence electrons. The van der Waals surface area contributed by atoms with Crippen LogP contribution >= 0.6 is 36.2 Å². The van der Waals surface area contributed by atoms with E-state index in [2.05, 4.69) is 17.2 Å². The quantitative estimate of drug-likeness (QED) is 0.864. The Hall–Kier alpha value is -0.400. The normalized spacial score (nSPS) is 16.3. The fourth-order valence-electron chi connectivity index (χ4n) is 2.54. The molecule has 1 N–H and O–H groups in total. The molecule has 1 saturated heterocycles. The standard InChI is InChI=1S/C14H23N3O2S.2ClH/c1-4-11-9-16-12(20-11)10-17(2)13(18)14(19-3)5-7-15-8-6-14;;/h9,15H,4-8,10H2,1-3H3;2*1H. The fourth-order valence-corrected chi connectivity index (χ4v) is 3.46. The van der Waals surface area contributed by atoms with Gasteiger partial charge in [0.15, 0.2) is 0 Å². The van der Waals surface area contributed by atoms with E-state index in [9.17, 15) is 4.79 Å². The zero-order valence-corrected chi connectivity index (χ0v) is 15.7. The summed E-state index contributed by atoms with van der Waals surface area (Å²) in [6.07, 6.45) is 4.34. The van der Waals surface area contributed by atoms with Gasteiger partial charge in [-0.3, -0.25) is 4.79 Å². The van der Waals surface area contributed by atoms with Gasteiger partial charge < -0.3 is 15.0 Å². The maximum atomic E-state index is 12.7. The molecule has 1 aliphatic heterocycles. The smallest absolute Gasteiger partial charge is 0.255 e. The summed E-state index contributed by atoms with van der Waals surface area (Å²) in [6, 6.07) is 0. The number of methoxy groups -OCH3 is 1. The number of likely N-dealkylation sites (N-methyl/N-ethyl adjacent to an activating group) is 1. The van der Waals surface area contributed by atoms with Crippen LogP contribution < -0.4 is 5.32 Å². The lowest BCUT2D eigenvalue weighted by Gasteiger charge is -2.37. The van der Waals surface area contributed by atoms with Crippen LogP contribution in [0.4, 0.5) is 0 Å². The van der Waals surface area contributed by atoms with Gasteiger partial charge in [-0.25, -0.2) is 4.98 Å². The van der Waals surface area contributed by atoms with E-state index in [1.807, 2.05) is 13.2 Å². The lowest BCUT2D eigenvalue weighted by Crippen LogP contribution is -2.54. The molecule has 1 aromatic heterocycles. The molecule has 8 heteroatoms. The van der Waals surface area contributed by atoms with Gasteiger partial charge in [0.25, 0.3) is 5.91 Å². The van der Waals surface area contributed by atoms with E-state index in [0.29, 0.717) is 6.54 Å². The summed E-state index contributed by atoms with van der Waals surface area (Å²) in [5.74, 6) is 0.0646. The first-order chi connectivity index (χ1) is 9.61. The molecule has 0 saturated carbocycles. The predicted molar refractivity (Wildman–Crippen MR) is 94.3 cm³/mol. The van der Waals surface area contributed by atoms with E-state index in [-0.39, 0.29) is 30.7 Å². The monoisotopic (exact) mass is 369 g/mol. The molecule has 5 nitrogen and oxygen atoms in total. The van der Waals surface area contributed by atoms with Crippen LogP contribution in [-0.4, -0.2) is 48.6 Å². The first-order valence-electron chi connectivity index (χ1n) is 7.06. The van der Waals surface area contributed by atoms with Crippen LogP contribution in [0.5, 0.6) is 0 Å². The van der Waals surface area contributed by atoms with Crippen LogP contribution in [0.2, 0.25) is 0 Å². The Labute approximate surface area is 148 Å². The first kappa shape index (κ1) is 21.6. The number of aryl methyl sites for hydroxylation is 1. The number of nitrogens with zero attached hydrogens (tertiary/aromatic N) is 2. The number of aromatic nitrogens is 1. The van der Waals surface area contributed by atoms with Crippen LogP contribution in [-0.2, 0) is 22.5 Å². The third kappa shape index (κ3) is 4.80. The second-order valence-electron chi connectivity index (χ2n) is 5.18. The van der Waals surface area contributed by atoms with Crippen molar-refractivity contribution in [2.45, 2.75) is 38.3 Å². The summed E-state index contributed by atoms with van der Waals surface area (Å²) in [4.78, 5) is 20.1. The van der Waals surface area contributed by atoms with Crippen molar-refractivity contribution in [1.82, 2.24) is 15.2 Å². The average molecular weight is 370 g/mol. The highest BCUT2D eigenvalue weighted by atomic mass is 35.5. The Kier molecular flexibility index (Phi) is 9.50. The third-order valence-corrected chi connectivity index (χ3v) is 4.99. The molecule has 22 heavy (non-hydrogen) atoms. The lowest BCUT2D eigenvalue weighted by atomic mass is 9.90. The van der Waals surface area contributed by atoms with Gasteiger partial charge in [-0.05, 0) is 32.4 Å².